The van der Waals surface area contributed by atoms with Crippen molar-refractivity contribution in [2.24, 2.45) is 0 Å². The second-order valence-corrected chi connectivity index (χ2v) is 6.76. The number of hydrogen-bond acceptors (Lipinski definition) is 8. The van der Waals surface area contributed by atoms with E-state index in [9.17, 15) is 13.0 Å². The van der Waals surface area contributed by atoms with E-state index >= 15 is 0 Å². The Bertz CT molecular complexity index is 868. The van der Waals surface area contributed by atoms with Gasteiger partial charge in [-0.25, -0.2) is 5.26 Å². The van der Waals surface area contributed by atoms with Crippen LogP contribution in [0.4, 0.5) is 11.4 Å². The van der Waals surface area contributed by atoms with Gasteiger partial charge in [0.25, 0.3) is 10.1 Å². The smallest absolute Gasteiger partial charge is 0.295 e. The number of benzene rings is 2. The number of anilines is 2. The van der Waals surface area contributed by atoms with E-state index in [0.717, 1.165) is 18.1 Å². The molecule has 0 unspecified atom stereocenters. The van der Waals surface area contributed by atoms with Crippen LogP contribution in [0.15, 0.2) is 46.2 Å². The molecule has 0 aromatic heterocycles. The van der Waals surface area contributed by atoms with E-state index in [2.05, 4.69) is 9.37 Å². The van der Waals surface area contributed by atoms with Gasteiger partial charge in [0.2, 0.25) is 0 Å². The molecule has 0 heterocycles. The highest BCUT2D eigenvalue weighted by atomic mass is 32.2. The van der Waals surface area contributed by atoms with Gasteiger partial charge in [0.05, 0.1) is 12.0 Å². The topological polar surface area (TPSA) is 145 Å². The van der Waals surface area contributed by atoms with Crippen LogP contribution in [0.1, 0.15) is 11.1 Å². The summed E-state index contributed by atoms with van der Waals surface area (Å²) in [6, 6.07) is 9.02. The standard InChI is InChI=1S/C14H14N2O6S2/c15-11-5-3-9(13(7-11)23-22-21-17)1-2-10-4-6-12(16)8-14(10)24(18,19)20/h1-8,17H,15-16H2,(H,18,19,20)/b2-1+. The summed E-state index contributed by atoms with van der Waals surface area (Å²) in [5.74, 6) is 0. The Morgan fingerprint density at radius 3 is 2.21 bits per heavy atom. The molecule has 24 heavy (non-hydrogen) atoms. The molecule has 10 heteroatoms. The Morgan fingerprint density at radius 2 is 1.58 bits per heavy atom. The average Bonchev–Trinajstić information content (AvgIpc) is 2.52. The largest absolute Gasteiger partial charge is 0.399 e. The molecule has 0 spiro atoms. The zero-order valence-electron chi connectivity index (χ0n) is 12.1. The second-order valence-electron chi connectivity index (χ2n) is 4.63. The van der Waals surface area contributed by atoms with E-state index in [-0.39, 0.29) is 16.1 Å². The molecule has 0 aliphatic rings. The first-order valence-electron chi connectivity index (χ1n) is 6.40. The van der Waals surface area contributed by atoms with E-state index in [1.54, 1.807) is 24.3 Å². The third kappa shape index (κ3) is 4.71. The summed E-state index contributed by atoms with van der Waals surface area (Å²) in [5.41, 5.74) is 12.8. The minimum Gasteiger partial charge on any atom is -0.399 e. The normalized spacial score (nSPS) is 11.9. The molecule has 0 saturated heterocycles. The van der Waals surface area contributed by atoms with Gasteiger partial charge in [-0.3, -0.25) is 4.55 Å². The molecule has 6 N–H and O–H groups in total. The molecule has 8 nitrogen and oxygen atoms in total. The van der Waals surface area contributed by atoms with Gasteiger partial charge in [-0.15, -0.1) is 4.33 Å². The summed E-state index contributed by atoms with van der Waals surface area (Å²) in [6.07, 6.45) is 3.07. The number of hydrogen-bond donors (Lipinski definition) is 4. The molecule has 0 aliphatic heterocycles. The molecule has 0 bridgehead atoms. The molecule has 2 aromatic carbocycles. The maximum absolute atomic E-state index is 11.5. The maximum Gasteiger partial charge on any atom is 0.295 e. The number of rotatable bonds is 6. The summed E-state index contributed by atoms with van der Waals surface area (Å²) in [4.78, 5) is 0.211. The highest BCUT2D eigenvalue weighted by Crippen LogP contribution is 2.28. The molecule has 2 rings (SSSR count). The third-order valence-electron chi connectivity index (χ3n) is 2.95. The zero-order valence-corrected chi connectivity index (χ0v) is 13.8. The lowest BCUT2D eigenvalue weighted by atomic mass is 10.1. The molecule has 0 amide bonds. The van der Waals surface area contributed by atoms with Crippen LogP contribution in [0.3, 0.4) is 0 Å². The Labute approximate surface area is 142 Å². The minimum absolute atomic E-state index is 0.206. The predicted molar refractivity (Wildman–Crippen MR) is 91.1 cm³/mol. The fraction of sp³-hybridized carbons (Fsp3) is 0. The molecule has 0 radical (unpaired) electrons. The van der Waals surface area contributed by atoms with Crippen LogP contribution in [-0.2, 0) is 19.5 Å². The van der Waals surface area contributed by atoms with Crippen LogP contribution in [0.5, 0.6) is 0 Å². The fourth-order valence-corrected chi connectivity index (χ4v) is 3.14. The number of nitrogen functional groups attached to an aromatic ring is 2. The Morgan fingerprint density at radius 1 is 1.00 bits per heavy atom. The van der Waals surface area contributed by atoms with Crippen molar-refractivity contribution in [2.75, 3.05) is 11.5 Å². The van der Waals surface area contributed by atoms with Crippen LogP contribution < -0.4 is 11.5 Å². The van der Waals surface area contributed by atoms with Gasteiger partial charge < -0.3 is 11.5 Å². The van der Waals surface area contributed by atoms with Gasteiger partial charge in [-0.2, -0.15) is 8.42 Å². The highest BCUT2D eigenvalue weighted by molar-refractivity contribution is 7.94. The van der Waals surface area contributed by atoms with Crippen molar-refractivity contribution in [3.8, 4) is 0 Å². The Kier molecular flexibility index (Phi) is 5.83. The average molecular weight is 370 g/mol. The molecule has 0 fully saturated rings. The van der Waals surface area contributed by atoms with E-state index in [4.69, 9.17) is 16.7 Å². The summed E-state index contributed by atoms with van der Waals surface area (Å²) in [7, 11) is -4.43. The molecule has 0 aliphatic carbocycles. The highest BCUT2D eigenvalue weighted by Gasteiger charge is 2.14. The third-order valence-corrected chi connectivity index (χ3v) is 4.52. The van der Waals surface area contributed by atoms with Gasteiger partial charge in [0.1, 0.15) is 4.90 Å². The van der Waals surface area contributed by atoms with Crippen molar-refractivity contribution in [1.29, 1.82) is 0 Å². The van der Waals surface area contributed by atoms with Gasteiger partial charge in [0, 0.05) is 16.3 Å². The minimum atomic E-state index is -4.43. The molecular formula is C14H14N2O6S2. The maximum atomic E-state index is 11.5. The van der Waals surface area contributed by atoms with Gasteiger partial charge in [-0.05, 0) is 35.4 Å². The van der Waals surface area contributed by atoms with E-state index in [0.29, 0.717) is 16.1 Å². The van der Waals surface area contributed by atoms with E-state index < -0.39 is 10.1 Å². The molecule has 0 atom stereocenters. The predicted octanol–water partition coefficient (Wildman–Crippen LogP) is 2.70. The van der Waals surface area contributed by atoms with Crippen molar-refractivity contribution in [3.05, 3.63) is 47.5 Å². The van der Waals surface area contributed by atoms with Crippen LogP contribution in [-0.4, -0.2) is 18.2 Å². The van der Waals surface area contributed by atoms with Crippen LogP contribution in [0.25, 0.3) is 12.2 Å². The summed E-state index contributed by atoms with van der Waals surface area (Å²) in [6.45, 7) is 0. The second kappa shape index (κ2) is 7.66. The zero-order chi connectivity index (χ0) is 17.7. The lowest BCUT2D eigenvalue weighted by molar-refractivity contribution is -0.432. The van der Waals surface area contributed by atoms with Crippen LogP contribution in [0.2, 0.25) is 0 Å². The Balaban J connectivity index is 2.42. The van der Waals surface area contributed by atoms with Crippen molar-refractivity contribution in [3.63, 3.8) is 0 Å². The van der Waals surface area contributed by atoms with E-state index in [1.807, 2.05) is 0 Å². The molecule has 0 saturated carbocycles. The Hall–Kier alpha value is -2.08. The number of nitrogens with two attached hydrogens (primary N) is 2. The van der Waals surface area contributed by atoms with Crippen molar-refractivity contribution >= 4 is 45.7 Å². The first-order valence-corrected chi connectivity index (χ1v) is 8.59. The fourth-order valence-electron chi connectivity index (χ4n) is 1.90. The van der Waals surface area contributed by atoms with Gasteiger partial charge in [0.15, 0.2) is 0 Å². The van der Waals surface area contributed by atoms with Crippen molar-refractivity contribution in [2.45, 2.75) is 9.79 Å². The molecule has 128 valence electrons. The first-order chi connectivity index (χ1) is 11.3. The first kappa shape index (κ1) is 18.3. The lowest BCUT2D eigenvalue weighted by Crippen LogP contribution is -2.02. The van der Waals surface area contributed by atoms with Crippen LogP contribution >= 0.6 is 12.0 Å². The summed E-state index contributed by atoms with van der Waals surface area (Å²) in [5, 5.41) is 11.8. The summed E-state index contributed by atoms with van der Waals surface area (Å²) >= 11 is 0.717. The quantitative estimate of drug-likeness (QED) is 0.150. The van der Waals surface area contributed by atoms with Crippen molar-refractivity contribution in [1.82, 2.24) is 0 Å². The molecule has 2 aromatic rings. The SMILES string of the molecule is Nc1ccc(/C=C/c2ccc(N)cc2S(=O)(=O)O)c(SOOO)c1. The summed E-state index contributed by atoms with van der Waals surface area (Å²) < 4.78 is 36.6. The van der Waals surface area contributed by atoms with Crippen LogP contribution in [0, 0.1) is 0 Å². The lowest BCUT2D eigenvalue weighted by Gasteiger charge is -2.06. The van der Waals surface area contributed by atoms with Crippen molar-refractivity contribution < 1.29 is 27.6 Å². The monoisotopic (exact) mass is 370 g/mol. The molecular weight excluding hydrogens is 356 g/mol. The van der Waals surface area contributed by atoms with Gasteiger partial charge >= 0.3 is 0 Å². The van der Waals surface area contributed by atoms with E-state index in [1.165, 1.54) is 18.2 Å². The van der Waals surface area contributed by atoms with Gasteiger partial charge in [-0.1, -0.05) is 29.3 Å².